The lowest BCUT2D eigenvalue weighted by molar-refractivity contribution is -0.140. The van der Waals surface area contributed by atoms with Crippen molar-refractivity contribution < 1.29 is 22.5 Å². The minimum absolute atomic E-state index is 0.0171. The number of esters is 1. The van der Waals surface area contributed by atoms with Gasteiger partial charge in [-0.15, -0.1) is 0 Å². The second-order valence-corrected chi connectivity index (χ2v) is 3.48. The molecule has 6 heteroatoms. The van der Waals surface area contributed by atoms with E-state index in [1.807, 2.05) is 0 Å². The molecule has 0 unspecified atom stereocenters. The van der Waals surface area contributed by atoms with Crippen LogP contribution in [0.15, 0.2) is 0 Å². The molecular formula is C5H9O5S-. The van der Waals surface area contributed by atoms with Gasteiger partial charge in [-0.25, -0.2) is 8.42 Å². The van der Waals surface area contributed by atoms with Gasteiger partial charge in [0.1, 0.15) is 0 Å². The molecule has 66 valence electrons. The zero-order chi connectivity index (χ0) is 8.91. The second-order valence-electron chi connectivity index (χ2n) is 1.96. The quantitative estimate of drug-likeness (QED) is 0.331. The Hall–Kier alpha value is -0.620. The third-order valence-electron chi connectivity index (χ3n) is 0.844. The molecule has 5 nitrogen and oxygen atoms in total. The number of carbonyl (C=O) groups is 1. The third-order valence-corrected chi connectivity index (χ3v) is 1.63. The first-order valence-electron chi connectivity index (χ1n) is 2.99. The molecular weight excluding hydrogens is 172 g/mol. The van der Waals surface area contributed by atoms with Crippen molar-refractivity contribution >= 4 is 16.1 Å². The normalized spacial score (nSPS) is 11.1. The van der Waals surface area contributed by atoms with Gasteiger partial charge in [-0.3, -0.25) is 4.79 Å². The Morgan fingerprint density at radius 3 is 2.45 bits per heavy atom. The average molecular weight is 181 g/mol. The van der Waals surface area contributed by atoms with E-state index in [2.05, 4.69) is 4.74 Å². The summed E-state index contributed by atoms with van der Waals surface area (Å²) in [7, 11) is -4.16. The summed E-state index contributed by atoms with van der Waals surface area (Å²) in [6.45, 7) is 1.20. The van der Waals surface area contributed by atoms with Gasteiger partial charge in [0.25, 0.3) is 0 Å². The molecule has 0 spiro atoms. The molecule has 0 aromatic rings. The van der Waals surface area contributed by atoms with E-state index in [1.54, 1.807) is 0 Å². The molecule has 0 amide bonds. The fourth-order valence-electron chi connectivity index (χ4n) is 0.452. The Bertz CT molecular complexity index is 217. The molecule has 0 aromatic heterocycles. The van der Waals surface area contributed by atoms with Gasteiger partial charge >= 0.3 is 5.97 Å². The molecule has 0 fully saturated rings. The highest BCUT2D eigenvalue weighted by Gasteiger charge is 1.96. The number of carbonyl (C=O) groups excluding carboxylic acids is 1. The van der Waals surface area contributed by atoms with Crippen LogP contribution in [0.25, 0.3) is 0 Å². The first kappa shape index (κ1) is 10.4. The number of ether oxygens (including phenoxy) is 1. The summed E-state index contributed by atoms with van der Waals surface area (Å²) in [4.78, 5) is 10.1. The predicted octanol–water partition coefficient (Wildman–Crippen LogP) is -0.515. The molecule has 0 heterocycles. The highest BCUT2D eigenvalue weighted by Crippen LogP contribution is 1.89. The highest BCUT2D eigenvalue weighted by molar-refractivity contribution is 7.85. The number of hydrogen-bond acceptors (Lipinski definition) is 5. The van der Waals surface area contributed by atoms with Gasteiger partial charge in [0, 0.05) is 12.7 Å². The van der Waals surface area contributed by atoms with Crippen LogP contribution in [0.1, 0.15) is 13.3 Å². The van der Waals surface area contributed by atoms with E-state index in [1.165, 1.54) is 6.92 Å². The van der Waals surface area contributed by atoms with Crippen LogP contribution in [0.3, 0.4) is 0 Å². The third kappa shape index (κ3) is 9.38. The Balaban J connectivity index is 3.37. The summed E-state index contributed by atoms with van der Waals surface area (Å²) >= 11 is 0. The van der Waals surface area contributed by atoms with Gasteiger partial charge in [0.2, 0.25) is 0 Å². The lowest BCUT2D eigenvalue weighted by Crippen LogP contribution is -2.09. The first-order valence-corrected chi connectivity index (χ1v) is 4.56. The van der Waals surface area contributed by atoms with E-state index in [-0.39, 0.29) is 13.0 Å². The molecule has 0 rings (SSSR count). The molecule has 0 bridgehead atoms. The fraction of sp³-hybridized carbons (Fsp3) is 0.800. The monoisotopic (exact) mass is 181 g/mol. The van der Waals surface area contributed by atoms with Crippen molar-refractivity contribution in [2.24, 2.45) is 0 Å². The van der Waals surface area contributed by atoms with E-state index < -0.39 is 21.8 Å². The summed E-state index contributed by atoms with van der Waals surface area (Å²) in [5.74, 6) is -0.964. The first-order chi connectivity index (χ1) is 4.92. The molecule has 0 saturated heterocycles. The molecule has 0 aliphatic carbocycles. The van der Waals surface area contributed by atoms with E-state index in [0.717, 1.165) is 0 Å². The van der Waals surface area contributed by atoms with Crippen molar-refractivity contribution in [3.8, 4) is 0 Å². The van der Waals surface area contributed by atoms with Gasteiger partial charge < -0.3 is 9.29 Å². The van der Waals surface area contributed by atoms with Crippen LogP contribution < -0.4 is 0 Å². The van der Waals surface area contributed by atoms with Crippen LogP contribution in [0.5, 0.6) is 0 Å². The molecule has 0 aliphatic heterocycles. The van der Waals surface area contributed by atoms with E-state index >= 15 is 0 Å². The largest absolute Gasteiger partial charge is 0.748 e. The van der Waals surface area contributed by atoms with Crippen LogP contribution in [0.2, 0.25) is 0 Å². The molecule has 0 saturated carbocycles. The minimum atomic E-state index is -4.16. The zero-order valence-electron chi connectivity index (χ0n) is 6.07. The van der Waals surface area contributed by atoms with Crippen molar-refractivity contribution in [1.29, 1.82) is 0 Å². The van der Waals surface area contributed by atoms with Crippen LogP contribution in [-0.4, -0.2) is 31.3 Å². The topological polar surface area (TPSA) is 83.5 Å². The van der Waals surface area contributed by atoms with Crippen molar-refractivity contribution in [2.75, 3.05) is 12.4 Å². The fourth-order valence-corrected chi connectivity index (χ4v) is 0.923. The van der Waals surface area contributed by atoms with E-state index in [9.17, 15) is 17.8 Å². The molecule has 0 aliphatic rings. The second kappa shape index (κ2) is 4.30. The van der Waals surface area contributed by atoms with Crippen LogP contribution >= 0.6 is 0 Å². The zero-order valence-corrected chi connectivity index (χ0v) is 6.89. The number of rotatable bonds is 4. The maximum atomic E-state index is 10.1. The smallest absolute Gasteiger partial charge is 0.302 e. The Kier molecular flexibility index (Phi) is 4.06. The van der Waals surface area contributed by atoms with Crippen LogP contribution in [-0.2, 0) is 19.6 Å². The van der Waals surface area contributed by atoms with Gasteiger partial charge in [-0.05, 0) is 6.42 Å². The summed E-state index contributed by atoms with van der Waals surface area (Å²) in [6, 6.07) is 0. The predicted molar refractivity (Wildman–Crippen MR) is 35.8 cm³/mol. The van der Waals surface area contributed by atoms with Crippen molar-refractivity contribution in [3.63, 3.8) is 0 Å². The minimum Gasteiger partial charge on any atom is -0.748 e. The lowest BCUT2D eigenvalue weighted by atomic mass is 10.5. The van der Waals surface area contributed by atoms with Crippen LogP contribution in [0.4, 0.5) is 0 Å². The van der Waals surface area contributed by atoms with Crippen molar-refractivity contribution in [1.82, 2.24) is 0 Å². The SMILES string of the molecule is CC(=O)OCCCS(=O)(=O)[O-]. The van der Waals surface area contributed by atoms with Gasteiger partial charge in [0.15, 0.2) is 0 Å². The molecule has 0 atom stereocenters. The molecule has 0 N–H and O–H groups in total. The Labute approximate surface area is 65.1 Å². The van der Waals surface area contributed by atoms with E-state index in [4.69, 9.17) is 0 Å². The summed E-state index contributed by atoms with van der Waals surface area (Å²) in [5, 5.41) is 0. The summed E-state index contributed by atoms with van der Waals surface area (Å²) in [6.07, 6.45) is 0.0609. The standard InChI is InChI=1S/C5H10O5S/c1-5(6)10-3-2-4-11(7,8)9/h2-4H2,1H3,(H,7,8,9)/p-1. The number of hydrogen-bond donors (Lipinski definition) is 0. The lowest BCUT2D eigenvalue weighted by Gasteiger charge is -2.05. The highest BCUT2D eigenvalue weighted by atomic mass is 32.2. The van der Waals surface area contributed by atoms with Gasteiger partial charge in [-0.1, -0.05) is 0 Å². The molecule has 0 radical (unpaired) electrons. The van der Waals surface area contributed by atoms with E-state index in [0.29, 0.717) is 0 Å². The van der Waals surface area contributed by atoms with Crippen LogP contribution in [0, 0.1) is 0 Å². The molecule has 11 heavy (non-hydrogen) atoms. The van der Waals surface area contributed by atoms with Crippen molar-refractivity contribution in [2.45, 2.75) is 13.3 Å². The van der Waals surface area contributed by atoms with Gasteiger partial charge in [-0.2, -0.15) is 0 Å². The Morgan fingerprint density at radius 2 is 2.09 bits per heavy atom. The van der Waals surface area contributed by atoms with Crippen molar-refractivity contribution in [3.05, 3.63) is 0 Å². The maximum absolute atomic E-state index is 10.1. The maximum Gasteiger partial charge on any atom is 0.302 e. The molecule has 0 aromatic carbocycles. The Morgan fingerprint density at radius 1 is 1.55 bits per heavy atom. The van der Waals surface area contributed by atoms with Gasteiger partial charge in [0.05, 0.1) is 16.7 Å². The average Bonchev–Trinajstić information content (AvgIpc) is 1.78. The summed E-state index contributed by atoms with van der Waals surface area (Å²) < 4.78 is 34.3. The summed E-state index contributed by atoms with van der Waals surface area (Å²) in [5.41, 5.74) is 0.